The fraction of sp³-hybridized carbons (Fsp3) is 0.222. The molecule has 0 aliphatic carbocycles. The Morgan fingerprint density at radius 3 is 2.64 bits per heavy atom. The quantitative estimate of drug-likeness (QED) is 0.888. The molecule has 4 nitrogen and oxygen atoms in total. The molecular weight excluding hydrogens is 276 g/mol. The molecule has 0 radical (unpaired) electrons. The van der Waals surface area contributed by atoms with E-state index in [2.05, 4.69) is 11.4 Å². The highest BCUT2D eigenvalue weighted by Crippen LogP contribution is 2.15. The molecule has 0 fully saturated rings. The van der Waals surface area contributed by atoms with Crippen molar-refractivity contribution in [1.82, 2.24) is 0 Å². The first-order chi connectivity index (χ1) is 10.7. The molecule has 1 N–H and O–H groups in total. The molecule has 112 valence electrons. The number of carbonyl (C=O) groups excluding carboxylic acids is 1. The fourth-order valence-corrected chi connectivity index (χ4v) is 2.11. The predicted octanol–water partition coefficient (Wildman–Crippen LogP) is 3.33. The molecular formula is C18H18N2O2. The largest absolute Gasteiger partial charge is 0.497 e. The normalized spacial score (nSPS) is 9.82. The molecule has 0 unspecified atom stereocenters. The van der Waals surface area contributed by atoms with Gasteiger partial charge in [-0.05, 0) is 41.8 Å². The van der Waals surface area contributed by atoms with Crippen molar-refractivity contribution in [2.45, 2.75) is 19.3 Å². The lowest BCUT2D eigenvalue weighted by molar-refractivity contribution is -0.116. The average Bonchev–Trinajstić information content (AvgIpc) is 2.55. The summed E-state index contributed by atoms with van der Waals surface area (Å²) in [6.07, 6.45) is 1.45. The molecule has 0 aromatic heterocycles. The molecule has 0 aliphatic rings. The Balaban J connectivity index is 1.86. The zero-order valence-electron chi connectivity index (χ0n) is 12.5. The van der Waals surface area contributed by atoms with Gasteiger partial charge in [-0.3, -0.25) is 4.79 Å². The van der Waals surface area contributed by atoms with E-state index in [-0.39, 0.29) is 5.91 Å². The molecule has 0 spiro atoms. The second kappa shape index (κ2) is 7.84. The van der Waals surface area contributed by atoms with E-state index >= 15 is 0 Å². The molecule has 2 aromatic carbocycles. The Hall–Kier alpha value is -2.80. The van der Waals surface area contributed by atoms with Gasteiger partial charge in [-0.15, -0.1) is 0 Å². The van der Waals surface area contributed by atoms with Gasteiger partial charge in [0, 0.05) is 12.1 Å². The molecule has 0 heterocycles. The van der Waals surface area contributed by atoms with Crippen LogP contribution in [0.3, 0.4) is 0 Å². The summed E-state index contributed by atoms with van der Waals surface area (Å²) >= 11 is 0. The average molecular weight is 294 g/mol. The molecule has 0 atom stereocenters. The third kappa shape index (κ3) is 4.64. The number of nitrogens with one attached hydrogen (secondary N) is 1. The Labute approximate surface area is 130 Å². The zero-order valence-corrected chi connectivity index (χ0v) is 12.5. The van der Waals surface area contributed by atoms with Crippen LogP contribution in [-0.2, 0) is 17.6 Å². The van der Waals surface area contributed by atoms with Gasteiger partial charge in [-0.1, -0.05) is 24.3 Å². The van der Waals surface area contributed by atoms with Gasteiger partial charge in [0.1, 0.15) is 5.75 Å². The maximum Gasteiger partial charge on any atom is 0.224 e. The Morgan fingerprint density at radius 2 is 1.95 bits per heavy atom. The van der Waals surface area contributed by atoms with Gasteiger partial charge in [0.25, 0.3) is 0 Å². The number of nitrogens with zero attached hydrogens (tertiary/aromatic N) is 1. The van der Waals surface area contributed by atoms with E-state index in [0.717, 1.165) is 22.6 Å². The number of benzene rings is 2. The molecule has 1 amide bonds. The van der Waals surface area contributed by atoms with Crippen molar-refractivity contribution >= 4 is 11.6 Å². The second-order valence-electron chi connectivity index (χ2n) is 4.93. The second-order valence-corrected chi connectivity index (χ2v) is 4.93. The van der Waals surface area contributed by atoms with E-state index in [9.17, 15) is 4.79 Å². The maximum atomic E-state index is 12.0. The first-order valence-corrected chi connectivity index (χ1v) is 7.10. The number of nitriles is 1. The first-order valence-electron chi connectivity index (χ1n) is 7.10. The summed E-state index contributed by atoms with van der Waals surface area (Å²) in [5, 5.41) is 11.5. The molecule has 2 rings (SSSR count). The first kappa shape index (κ1) is 15.6. The number of anilines is 1. The lowest BCUT2D eigenvalue weighted by atomic mass is 10.1. The van der Waals surface area contributed by atoms with Crippen LogP contribution in [0.15, 0.2) is 48.5 Å². The molecule has 0 saturated heterocycles. The summed E-state index contributed by atoms with van der Waals surface area (Å²) in [4.78, 5) is 12.0. The highest BCUT2D eigenvalue weighted by Gasteiger charge is 2.04. The van der Waals surface area contributed by atoms with Gasteiger partial charge in [0.05, 0.1) is 19.6 Å². The SMILES string of the molecule is COc1cccc(CCC(=O)Nc2ccc(CC#N)cc2)c1. The highest BCUT2D eigenvalue weighted by molar-refractivity contribution is 5.90. The van der Waals surface area contributed by atoms with Gasteiger partial charge in [0.2, 0.25) is 5.91 Å². The number of hydrogen-bond acceptors (Lipinski definition) is 3. The number of aryl methyl sites for hydroxylation is 1. The van der Waals surface area contributed by atoms with Crippen molar-refractivity contribution < 1.29 is 9.53 Å². The van der Waals surface area contributed by atoms with Crippen molar-refractivity contribution in [3.8, 4) is 11.8 Å². The molecule has 4 heteroatoms. The van der Waals surface area contributed by atoms with Crippen LogP contribution < -0.4 is 10.1 Å². The third-order valence-electron chi connectivity index (χ3n) is 3.30. The summed E-state index contributed by atoms with van der Waals surface area (Å²) < 4.78 is 5.16. The monoisotopic (exact) mass is 294 g/mol. The summed E-state index contributed by atoms with van der Waals surface area (Å²) in [5.74, 6) is 0.766. The zero-order chi connectivity index (χ0) is 15.8. The van der Waals surface area contributed by atoms with Crippen molar-refractivity contribution in [2.75, 3.05) is 12.4 Å². The van der Waals surface area contributed by atoms with Crippen LogP contribution in [0.25, 0.3) is 0 Å². The molecule has 22 heavy (non-hydrogen) atoms. The van der Waals surface area contributed by atoms with Crippen molar-refractivity contribution in [3.63, 3.8) is 0 Å². The number of rotatable bonds is 6. The standard InChI is InChI=1S/C18H18N2O2/c1-22-17-4-2-3-15(13-17)7-10-18(21)20-16-8-5-14(6-9-16)11-12-19/h2-6,8-9,13H,7,10-11H2,1H3,(H,20,21). The van der Waals surface area contributed by atoms with E-state index in [4.69, 9.17) is 10.00 Å². The van der Waals surface area contributed by atoms with Crippen molar-refractivity contribution in [2.24, 2.45) is 0 Å². The fourth-order valence-electron chi connectivity index (χ4n) is 2.11. The van der Waals surface area contributed by atoms with Crippen molar-refractivity contribution in [1.29, 1.82) is 5.26 Å². The summed E-state index contributed by atoms with van der Waals surface area (Å²) in [5.41, 5.74) is 2.76. The lowest BCUT2D eigenvalue weighted by Crippen LogP contribution is -2.12. The van der Waals surface area contributed by atoms with Gasteiger partial charge < -0.3 is 10.1 Å². The minimum Gasteiger partial charge on any atom is -0.497 e. The van der Waals surface area contributed by atoms with Crippen LogP contribution in [0.1, 0.15) is 17.5 Å². The van der Waals surface area contributed by atoms with E-state index < -0.39 is 0 Å². The van der Waals surface area contributed by atoms with Gasteiger partial charge in [0.15, 0.2) is 0 Å². The third-order valence-corrected chi connectivity index (χ3v) is 3.30. The van der Waals surface area contributed by atoms with Gasteiger partial charge in [-0.25, -0.2) is 0 Å². The molecule has 2 aromatic rings. The molecule has 0 aliphatic heterocycles. The topological polar surface area (TPSA) is 62.1 Å². The number of ether oxygens (including phenoxy) is 1. The minimum absolute atomic E-state index is 0.0316. The van der Waals surface area contributed by atoms with E-state index in [0.29, 0.717) is 19.3 Å². The summed E-state index contributed by atoms with van der Waals surface area (Å²) in [7, 11) is 1.63. The highest BCUT2D eigenvalue weighted by atomic mass is 16.5. The van der Waals surface area contributed by atoms with E-state index in [1.54, 1.807) is 7.11 Å². The lowest BCUT2D eigenvalue weighted by Gasteiger charge is -2.07. The van der Waals surface area contributed by atoms with E-state index in [1.165, 1.54) is 0 Å². The smallest absolute Gasteiger partial charge is 0.224 e. The van der Waals surface area contributed by atoms with Crippen LogP contribution in [0.5, 0.6) is 5.75 Å². The van der Waals surface area contributed by atoms with Gasteiger partial charge >= 0.3 is 0 Å². The van der Waals surface area contributed by atoms with Crippen LogP contribution in [0.2, 0.25) is 0 Å². The minimum atomic E-state index is -0.0316. The van der Waals surface area contributed by atoms with Crippen LogP contribution in [0.4, 0.5) is 5.69 Å². The molecule has 0 saturated carbocycles. The van der Waals surface area contributed by atoms with Crippen LogP contribution in [0, 0.1) is 11.3 Å². The van der Waals surface area contributed by atoms with E-state index in [1.807, 2.05) is 48.5 Å². The number of hydrogen-bond donors (Lipinski definition) is 1. The Bertz CT molecular complexity index is 672. The Kier molecular flexibility index (Phi) is 5.56. The van der Waals surface area contributed by atoms with Crippen LogP contribution >= 0.6 is 0 Å². The van der Waals surface area contributed by atoms with Gasteiger partial charge in [-0.2, -0.15) is 5.26 Å². The number of carbonyl (C=O) groups is 1. The predicted molar refractivity (Wildman–Crippen MR) is 85.7 cm³/mol. The van der Waals surface area contributed by atoms with Crippen LogP contribution in [-0.4, -0.2) is 13.0 Å². The Morgan fingerprint density at radius 1 is 1.18 bits per heavy atom. The number of methoxy groups -OCH3 is 1. The molecule has 0 bridgehead atoms. The summed E-state index contributed by atoms with van der Waals surface area (Å²) in [6.45, 7) is 0. The maximum absolute atomic E-state index is 12.0. The number of amides is 1. The van der Waals surface area contributed by atoms with Crippen molar-refractivity contribution in [3.05, 3.63) is 59.7 Å². The summed E-state index contributed by atoms with van der Waals surface area (Å²) in [6, 6.07) is 17.1.